The second-order valence-electron chi connectivity index (χ2n) is 5.90. The van der Waals surface area contributed by atoms with E-state index < -0.39 is 52.3 Å². The molecule has 162 valence electrons. The normalized spacial score (nSPS) is 14.0. The van der Waals surface area contributed by atoms with Gasteiger partial charge in [-0.2, -0.15) is 26.3 Å². The van der Waals surface area contributed by atoms with Crippen molar-refractivity contribution in [3.63, 3.8) is 0 Å². The number of alkyl halides is 6. The Morgan fingerprint density at radius 3 is 1.93 bits per heavy atom. The van der Waals surface area contributed by atoms with E-state index in [-0.39, 0.29) is 27.2 Å². The molecule has 0 fully saturated rings. The van der Waals surface area contributed by atoms with Gasteiger partial charge in [0.25, 0.3) is 0 Å². The zero-order valence-electron chi connectivity index (χ0n) is 14.2. The van der Waals surface area contributed by atoms with E-state index in [2.05, 4.69) is 0 Å². The summed E-state index contributed by atoms with van der Waals surface area (Å²) in [4.78, 5) is 10.9. The molecule has 2 aromatic carbocycles. The maximum atomic E-state index is 14.5. The van der Waals surface area contributed by atoms with Crippen LogP contribution in [0.25, 0.3) is 5.83 Å². The Kier molecular flexibility index (Phi) is 7.00. The summed E-state index contributed by atoms with van der Waals surface area (Å²) in [5.41, 5.74) is -4.39. The van der Waals surface area contributed by atoms with Crippen molar-refractivity contribution in [2.24, 2.45) is 0 Å². The van der Waals surface area contributed by atoms with Crippen molar-refractivity contribution in [3.05, 3.63) is 73.7 Å². The van der Waals surface area contributed by atoms with Crippen LogP contribution in [0, 0.1) is 0 Å². The molecular formula is C18H8Cl3F7O2. The van der Waals surface area contributed by atoms with E-state index in [1.54, 1.807) is 0 Å². The third-order valence-electron chi connectivity index (χ3n) is 3.86. The molecule has 2 rings (SSSR count). The highest BCUT2D eigenvalue weighted by atomic mass is 35.5. The molecule has 0 aliphatic carbocycles. The van der Waals surface area contributed by atoms with Crippen molar-refractivity contribution in [2.45, 2.75) is 18.3 Å². The quantitative estimate of drug-likeness (QED) is 0.344. The smallest absolute Gasteiger partial charge is 0.417 e. The average Bonchev–Trinajstić information content (AvgIpc) is 2.61. The van der Waals surface area contributed by atoms with Crippen LogP contribution in [0.1, 0.15) is 33.0 Å². The van der Waals surface area contributed by atoms with Gasteiger partial charge in [0.05, 0.1) is 26.2 Å². The summed E-state index contributed by atoms with van der Waals surface area (Å²) in [5, 5.41) is 7.93. The van der Waals surface area contributed by atoms with Gasteiger partial charge < -0.3 is 5.11 Å². The molecule has 0 saturated carbocycles. The van der Waals surface area contributed by atoms with Gasteiger partial charge in [-0.05, 0) is 35.9 Å². The summed E-state index contributed by atoms with van der Waals surface area (Å²) in [6.45, 7) is 0. The predicted molar refractivity (Wildman–Crippen MR) is 97.8 cm³/mol. The molecule has 0 saturated heterocycles. The lowest BCUT2D eigenvalue weighted by Crippen LogP contribution is -2.19. The van der Waals surface area contributed by atoms with Crippen LogP contribution in [0.2, 0.25) is 15.1 Å². The highest BCUT2D eigenvalue weighted by molar-refractivity contribution is 6.48. The van der Waals surface area contributed by atoms with Gasteiger partial charge in [0, 0.05) is 5.56 Å². The lowest BCUT2D eigenvalue weighted by molar-refractivity contribution is -0.140. The van der Waals surface area contributed by atoms with E-state index in [4.69, 9.17) is 39.9 Å². The summed E-state index contributed by atoms with van der Waals surface area (Å²) >= 11 is 17.1. The predicted octanol–water partition coefficient (Wildman–Crippen LogP) is 8.02. The minimum atomic E-state index is -5.18. The van der Waals surface area contributed by atoms with Crippen LogP contribution in [0.4, 0.5) is 30.7 Å². The molecule has 1 atom stereocenters. The standard InChI is InChI=1S/C18H8Cl3F7O2/c19-12-4-8(5-13(20)15(12)21)10(17(23,24)25)6-14(22)7-1-2-9(16(29)30)11(3-7)18(26,27)28/h1-6,10H,(H,29,30). The molecule has 2 nitrogen and oxygen atoms in total. The van der Waals surface area contributed by atoms with Gasteiger partial charge >= 0.3 is 18.3 Å². The molecule has 0 radical (unpaired) electrons. The Morgan fingerprint density at radius 2 is 1.50 bits per heavy atom. The molecule has 0 bridgehead atoms. The molecule has 1 N–H and O–H groups in total. The number of halogens is 10. The van der Waals surface area contributed by atoms with Crippen LogP contribution < -0.4 is 0 Å². The first-order chi connectivity index (χ1) is 13.6. The Morgan fingerprint density at radius 1 is 0.967 bits per heavy atom. The van der Waals surface area contributed by atoms with Gasteiger partial charge in [0.1, 0.15) is 11.7 Å². The van der Waals surface area contributed by atoms with Crippen LogP contribution in [-0.2, 0) is 6.18 Å². The number of aromatic carboxylic acids is 1. The summed E-state index contributed by atoms with van der Waals surface area (Å²) in [7, 11) is 0. The number of rotatable bonds is 4. The molecule has 0 aliphatic rings. The number of hydrogen-bond donors (Lipinski definition) is 1. The molecule has 0 aliphatic heterocycles. The zero-order valence-corrected chi connectivity index (χ0v) is 16.4. The van der Waals surface area contributed by atoms with Crippen LogP contribution in [0.3, 0.4) is 0 Å². The van der Waals surface area contributed by atoms with Gasteiger partial charge in [-0.25, -0.2) is 9.18 Å². The Balaban J connectivity index is 2.62. The minimum absolute atomic E-state index is 0.0336. The van der Waals surface area contributed by atoms with Crippen molar-refractivity contribution in [1.82, 2.24) is 0 Å². The topological polar surface area (TPSA) is 37.3 Å². The third kappa shape index (κ3) is 5.39. The first-order valence-corrected chi connectivity index (χ1v) is 8.79. The van der Waals surface area contributed by atoms with Crippen LogP contribution in [0.15, 0.2) is 36.4 Å². The lowest BCUT2D eigenvalue weighted by atomic mass is 9.95. The van der Waals surface area contributed by atoms with E-state index in [1.807, 2.05) is 0 Å². The first-order valence-electron chi connectivity index (χ1n) is 7.66. The molecular weight excluding hydrogens is 488 g/mol. The molecule has 1 unspecified atom stereocenters. The summed E-state index contributed by atoms with van der Waals surface area (Å²) in [6, 6.07) is 2.79. The van der Waals surface area contributed by atoms with Crippen LogP contribution >= 0.6 is 34.8 Å². The average molecular weight is 496 g/mol. The molecule has 0 amide bonds. The fourth-order valence-electron chi connectivity index (χ4n) is 2.49. The van der Waals surface area contributed by atoms with E-state index in [0.717, 1.165) is 12.1 Å². The largest absolute Gasteiger partial charge is 0.478 e. The van der Waals surface area contributed by atoms with Crippen molar-refractivity contribution in [1.29, 1.82) is 0 Å². The number of carboxylic acids is 1. The van der Waals surface area contributed by atoms with Gasteiger partial charge in [0.15, 0.2) is 0 Å². The number of carboxylic acid groups (broad SMARTS) is 1. The van der Waals surface area contributed by atoms with Crippen LogP contribution in [-0.4, -0.2) is 17.3 Å². The number of benzene rings is 2. The Bertz CT molecular complexity index is 991. The minimum Gasteiger partial charge on any atom is -0.478 e. The van der Waals surface area contributed by atoms with Crippen molar-refractivity contribution in [3.8, 4) is 0 Å². The maximum absolute atomic E-state index is 14.5. The van der Waals surface area contributed by atoms with Crippen molar-refractivity contribution < 1.29 is 40.6 Å². The van der Waals surface area contributed by atoms with Gasteiger partial charge in [-0.3, -0.25) is 0 Å². The molecule has 12 heteroatoms. The maximum Gasteiger partial charge on any atom is 0.417 e. The molecule has 0 heterocycles. The molecule has 30 heavy (non-hydrogen) atoms. The van der Waals surface area contributed by atoms with E-state index in [0.29, 0.717) is 12.1 Å². The number of allylic oxidation sites excluding steroid dienone is 1. The Hall–Kier alpha value is -1.97. The molecule has 2 aromatic rings. The van der Waals surface area contributed by atoms with E-state index >= 15 is 0 Å². The molecule has 0 spiro atoms. The van der Waals surface area contributed by atoms with Gasteiger partial charge in [-0.15, -0.1) is 0 Å². The van der Waals surface area contributed by atoms with E-state index in [1.165, 1.54) is 0 Å². The van der Waals surface area contributed by atoms with Gasteiger partial charge in [-0.1, -0.05) is 40.9 Å². The highest BCUT2D eigenvalue weighted by Gasteiger charge is 2.41. The Labute approximate surface area is 179 Å². The summed E-state index contributed by atoms with van der Waals surface area (Å²) < 4.78 is 94.2. The molecule has 0 aromatic heterocycles. The highest BCUT2D eigenvalue weighted by Crippen LogP contribution is 2.42. The number of carbonyl (C=O) groups is 1. The van der Waals surface area contributed by atoms with Crippen molar-refractivity contribution >= 4 is 46.6 Å². The fourth-order valence-corrected chi connectivity index (χ4v) is 3.10. The van der Waals surface area contributed by atoms with E-state index in [9.17, 15) is 35.5 Å². The second-order valence-corrected chi connectivity index (χ2v) is 7.09. The summed E-state index contributed by atoms with van der Waals surface area (Å²) in [6.07, 6.45) is -10.2. The first kappa shape index (κ1) is 24.3. The lowest BCUT2D eigenvalue weighted by Gasteiger charge is -2.19. The zero-order chi connectivity index (χ0) is 23.0. The fraction of sp³-hybridized carbons (Fsp3) is 0.167. The second kappa shape index (κ2) is 8.64. The summed E-state index contributed by atoms with van der Waals surface area (Å²) in [5.74, 6) is -6.22. The monoisotopic (exact) mass is 494 g/mol. The van der Waals surface area contributed by atoms with Crippen molar-refractivity contribution in [2.75, 3.05) is 0 Å². The third-order valence-corrected chi connectivity index (χ3v) is 5.06. The number of hydrogen-bond acceptors (Lipinski definition) is 1. The van der Waals surface area contributed by atoms with Crippen LogP contribution in [0.5, 0.6) is 0 Å². The van der Waals surface area contributed by atoms with Gasteiger partial charge in [0.2, 0.25) is 0 Å². The SMILES string of the molecule is O=C(O)c1ccc(C(F)=CC(c2cc(Cl)c(Cl)c(Cl)c2)C(F)(F)F)cc1C(F)(F)F.